The smallest absolute Gasteiger partial charge is 0.274 e. The van der Waals surface area contributed by atoms with Crippen LogP contribution in [0, 0.1) is 0 Å². The van der Waals surface area contributed by atoms with Gasteiger partial charge >= 0.3 is 0 Å². The molecule has 2 aromatic rings. The highest BCUT2D eigenvalue weighted by atomic mass is 16.5. The van der Waals surface area contributed by atoms with Crippen molar-refractivity contribution < 1.29 is 9.53 Å². The number of ether oxygens (including phenoxy) is 1. The van der Waals surface area contributed by atoms with Crippen molar-refractivity contribution in [3.8, 4) is 5.88 Å². The molecule has 114 valence electrons. The molecular weight excluding hydrogens is 280 g/mol. The molecule has 0 unspecified atom stereocenters. The van der Waals surface area contributed by atoms with E-state index in [2.05, 4.69) is 20.6 Å². The van der Waals surface area contributed by atoms with Crippen molar-refractivity contribution in [1.29, 1.82) is 0 Å². The van der Waals surface area contributed by atoms with Gasteiger partial charge in [-0.15, -0.1) is 0 Å². The maximum Gasteiger partial charge on any atom is 0.274 e. The van der Waals surface area contributed by atoms with Gasteiger partial charge in [0.05, 0.1) is 0 Å². The average molecular weight is 298 g/mol. The van der Waals surface area contributed by atoms with Crippen LogP contribution in [0.15, 0.2) is 42.7 Å². The van der Waals surface area contributed by atoms with E-state index in [1.807, 2.05) is 0 Å². The number of anilines is 1. The molecule has 0 aliphatic carbocycles. The van der Waals surface area contributed by atoms with Crippen molar-refractivity contribution in [3.63, 3.8) is 0 Å². The van der Waals surface area contributed by atoms with Crippen LogP contribution >= 0.6 is 0 Å². The Morgan fingerprint density at radius 3 is 2.73 bits per heavy atom. The lowest BCUT2D eigenvalue weighted by Crippen LogP contribution is -2.34. The standard InChI is InChI=1S/C16H18N4O2/c21-16(19-12-4-8-17-9-5-12)14-2-1-3-15(20-14)22-13-6-10-18-11-7-13/h1-5,8-9,13,18H,6-7,10-11H2,(H,17,19,21). The van der Waals surface area contributed by atoms with E-state index < -0.39 is 0 Å². The zero-order valence-electron chi connectivity index (χ0n) is 12.2. The Balaban J connectivity index is 1.66. The number of hydrogen-bond donors (Lipinski definition) is 2. The van der Waals surface area contributed by atoms with Crippen molar-refractivity contribution in [2.24, 2.45) is 0 Å². The number of rotatable bonds is 4. The zero-order chi connectivity index (χ0) is 15.2. The Bertz CT molecular complexity index is 627. The van der Waals surface area contributed by atoms with Gasteiger partial charge in [0, 0.05) is 24.1 Å². The molecule has 1 aliphatic rings. The Morgan fingerprint density at radius 2 is 1.95 bits per heavy atom. The van der Waals surface area contributed by atoms with Gasteiger partial charge in [-0.25, -0.2) is 4.98 Å². The molecule has 1 fully saturated rings. The van der Waals surface area contributed by atoms with Crippen molar-refractivity contribution in [2.45, 2.75) is 18.9 Å². The Labute approximate surface area is 128 Å². The van der Waals surface area contributed by atoms with Crippen LogP contribution in [-0.2, 0) is 0 Å². The monoisotopic (exact) mass is 298 g/mol. The van der Waals surface area contributed by atoms with Crippen LogP contribution in [0.5, 0.6) is 5.88 Å². The predicted molar refractivity (Wildman–Crippen MR) is 82.9 cm³/mol. The molecule has 0 bridgehead atoms. The van der Waals surface area contributed by atoms with Gasteiger partial charge in [0.25, 0.3) is 5.91 Å². The first-order valence-corrected chi connectivity index (χ1v) is 7.37. The number of aromatic nitrogens is 2. The predicted octanol–water partition coefficient (Wildman–Crippen LogP) is 1.86. The lowest BCUT2D eigenvalue weighted by atomic mass is 10.1. The molecule has 2 aromatic heterocycles. The second-order valence-electron chi connectivity index (χ2n) is 5.12. The fourth-order valence-electron chi connectivity index (χ4n) is 2.32. The van der Waals surface area contributed by atoms with Crippen molar-refractivity contribution >= 4 is 11.6 Å². The molecule has 1 aliphatic heterocycles. The summed E-state index contributed by atoms with van der Waals surface area (Å²) in [5.41, 5.74) is 1.02. The topological polar surface area (TPSA) is 76.1 Å². The van der Waals surface area contributed by atoms with Gasteiger partial charge in [-0.05, 0) is 44.1 Å². The van der Waals surface area contributed by atoms with E-state index in [0.29, 0.717) is 17.3 Å². The minimum absolute atomic E-state index is 0.159. The normalized spacial score (nSPS) is 15.3. The fourth-order valence-corrected chi connectivity index (χ4v) is 2.32. The van der Waals surface area contributed by atoms with E-state index in [1.165, 1.54) is 0 Å². The fraction of sp³-hybridized carbons (Fsp3) is 0.312. The SMILES string of the molecule is O=C(Nc1ccncc1)c1cccc(OC2CCNCC2)n1. The average Bonchev–Trinajstić information content (AvgIpc) is 2.57. The first-order valence-electron chi connectivity index (χ1n) is 7.37. The van der Waals surface area contributed by atoms with Crippen molar-refractivity contribution in [2.75, 3.05) is 18.4 Å². The molecule has 3 rings (SSSR count). The molecule has 22 heavy (non-hydrogen) atoms. The summed E-state index contributed by atoms with van der Waals surface area (Å²) in [6.07, 6.45) is 5.32. The highest BCUT2D eigenvalue weighted by Gasteiger charge is 2.16. The van der Waals surface area contributed by atoms with E-state index >= 15 is 0 Å². The molecule has 3 heterocycles. The van der Waals surface area contributed by atoms with E-state index in [1.54, 1.807) is 42.7 Å². The summed E-state index contributed by atoms with van der Waals surface area (Å²) in [5.74, 6) is 0.233. The molecule has 1 saturated heterocycles. The van der Waals surface area contributed by atoms with Crippen LogP contribution in [-0.4, -0.2) is 35.1 Å². The Kier molecular flexibility index (Phi) is 4.60. The van der Waals surface area contributed by atoms with Gasteiger partial charge in [0.15, 0.2) is 0 Å². The molecule has 0 radical (unpaired) electrons. The van der Waals surface area contributed by atoms with Crippen molar-refractivity contribution in [1.82, 2.24) is 15.3 Å². The summed E-state index contributed by atoms with van der Waals surface area (Å²) in [6, 6.07) is 8.70. The lowest BCUT2D eigenvalue weighted by molar-refractivity contribution is 0.101. The lowest BCUT2D eigenvalue weighted by Gasteiger charge is -2.23. The summed E-state index contributed by atoms with van der Waals surface area (Å²) in [5, 5.41) is 6.07. The number of pyridine rings is 2. The van der Waals surface area contributed by atoms with Crippen LogP contribution in [0.25, 0.3) is 0 Å². The molecular formula is C16H18N4O2. The Hall–Kier alpha value is -2.47. The van der Waals surface area contributed by atoms with Gasteiger partial charge in [-0.1, -0.05) is 6.07 Å². The molecule has 6 nitrogen and oxygen atoms in total. The van der Waals surface area contributed by atoms with Gasteiger partial charge in [-0.2, -0.15) is 0 Å². The second-order valence-corrected chi connectivity index (χ2v) is 5.12. The minimum atomic E-state index is -0.262. The quantitative estimate of drug-likeness (QED) is 0.901. The summed E-state index contributed by atoms with van der Waals surface area (Å²) >= 11 is 0. The number of hydrogen-bond acceptors (Lipinski definition) is 5. The van der Waals surface area contributed by atoms with Crippen LogP contribution in [0.3, 0.4) is 0 Å². The second kappa shape index (κ2) is 7.00. The molecule has 0 spiro atoms. The number of nitrogens with one attached hydrogen (secondary N) is 2. The van der Waals surface area contributed by atoms with E-state index in [-0.39, 0.29) is 12.0 Å². The van der Waals surface area contributed by atoms with Crippen LogP contribution < -0.4 is 15.4 Å². The van der Waals surface area contributed by atoms with Gasteiger partial charge in [0.1, 0.15) is 11.8 Å². The largest absolute Gasteiger partial charge is 0.474 e. The zero-order valence-corrected chi connectivity index (χ0v) is 12.2. The van der Waals surface area contributed by atoms with Crippen molar-refractivity contribution in [3.05, 3.63) is 48.4 Å². The maximum atomic E-state index is 12.2. The summed E-state index contributed by atoms with van der Waals surface area (Å²) in [6.45, 7) is 1.90. The first-order chi connectivity index (χ1) is 10.8. The molecule has 2 N–H and O–H groups in total. The van der Waals surface area contributed by atoms with E-state index in [4.69, 9.17) is 4.74 Å². The number of piperidine rings is 1. The molecule has 1 amide bonds. The molecule has 0 aromatic carbocycles. The highest BCUT2D eigenvalue weighted by Crippen LogP contribution is 2.15. The minimum Gasteiger partial charge on any atom is -0.474 e. The van der Waals surface area contributed by atoms with Crippen LogP contribution in [0.4, 0.5) is 5.69 Å². The molecule has 6 heteroatoms. The van der Waals surface area contributed by atoms with Gasteiger partial charge in [-0.3, -0.25) is 9.78 Å². The third-order valence-electron chi connectivity index (χ3n) is 3.47. The summed E-state index contributed by atoms with van der Waals surface area (Å²) in [4.78, 5) is 20.4. The number of nitrogens with zero attached hydrogens (tertiary/aromatic N) is 2. The Morgan fingerprint density at radius 1 is 1.18 bits per heavy atom. The first kappa shape index (κ1) is 14.5. The van der Waals surface area contributed by atoms with Gasteiger partial charge in [0.2, 0.25) is 5.88 Å². The van der Waals surface area contributed by atoms with E-state index in [9.17, 15) is 4.79 Å². The molecule has 0 atom stereocenters. The summed E-state index contributed by atoms with van der Waals surface area (Å²) < 4.78 is 5.86. The van der Waals surface area contributed by atoms with Crippen LogP contribution in [0.1, 0.15) is 23.3 Å². The third kappa shape index (κ3) is 3.79. The molecule has 0 saturated carbocycles. The van der Waals surface area contributed by atoms with Gasteiger partial charge < -0.3 is 15.4 Å². The number of carbonyl (C=O) groups is 1. The van der Waals surface area contributed by atoms with E-state index in [0.717, 1.165) is 25.9 Å². The number of carbonyl (C=O) groups excluding carboxylic acids is 1. The third-order valence-corrected chi connectivity index (χ3v) is 3.47. The number of amides is 1. The summed E-state index contributed by atoms with van der Waals surface area (Å²) in [7, 11) is 0. The highest BCUT2D eigenvalue weighted by molar-refractivity contribution is 6.02. The maximum absolute atomic E-state index is 12.2. The van der Waals surface area contributed by atoms with Crippen LogP contribution in [0.2, 0.25) is 0 Å².